The molecule has 0 aliphatic heterocycles. The van der Waals surface area contributed by atoms with E-state index in [1.54, 1.807) is 30.5 Å². The summed E-state index contributed by atoms with van der Waals surface area (Å²) < 4.78 is 10.4. The van der Waals surface area contributed by atoms with Crippen LogP contribution in [0.3, 0.4) is 0 Å². The topological polar surface area (TPSA) is 84.9 Å². The van der Waals surface area contributed by atoms with Gasteiger partial charge in [0, 0.05) is 0 Å². The number of hydrogen-bond donors (Lipinski definition) is 1. The standard InChI is InChI=1S/C11H7N3O3S/c15-6-7-3-4-9(17-7)18-11-12-10(13-14-11)8-2-1-5-16-8/h1-6H,(H,12,13,14). The summed E-state index contributed by atoms with van der Waals surface area (Å²) in [5, 5.41) is 7.83. The first-order valence-electron chi connectivity index (χ1n) is 5.04. The van der Waals surface area contributed by atoms with E-state index in [9.17, 15) is 4.79 Å². The van der Waals surface area contributed by atoms with Crippen molar-refractivity contribution in [3.63, 3.8) is 0 Å². The number of nitrogens with zero attached hydrogens (tertiary/aromatic N) is 2. The maximum absolute atomic E-state index is 10.5. The summed E-state index contributed by atoms with van der Waals surface area (Å²) in [7, 11) is 0. The molecule has 7 heteroatoms. The molecule has 1 N–H and O–H groups in total. The van der Waals surface area contributed by atoms with Crippen LogP contribution < -0.4 is 0 Å². The van der Waals surface area contributed by atoms with Crippen molar-refractivity contribution in [2.24, 2.45) is 0 Å². The van der Waals surface area contributed by atoms with Gasteiger partial charge in [-0.25, -0.2) is 0 Å². The lowest BCUT2D eigenvalue weighted by Crippen LogP contribution is -1.75. The molecule has 3 aromatic heterocycles. The fourth-order valence-electron chi connectivity index (χ4n) is 1.36. The normalized spacial score (nSPS) is 10.7. The molecular formula is C11H7N3O3S. The van der Waals surface area contributed by atoms with E-state index in [2.05, 4.69) is 15.2 Å². The molecule has 0 saturated heterocycles. The fourth-order valence-corrected chi connectivity index (χ4v) is 2.04. The van der Waals surface area contributed by atoms with Gasteiger partial charge < -0.3 is 8.83 Å². The maximum atomic E-state index is 10.5. The van der Waals surface area contributed by atoms with Crippen LogP contribution in [0.15, 0.2) is 49.6 Å². The zero-order valence-corrected chi connectivity index (χ0v) is 9.81. The van der Waals surface area contributed by atoms with Crippen molar-refractivity contribution < 1.29 is 13.6 Å². The molecule has 0 unspecified atom stereocenters. The van der Waals surface area contributed by atoms with E-state index in [1.807, 2.05) is 0 Å². The predicted octanol–water partition coefficient (Wildman–Crippen LogP) is 2.62. The minimum Gasteiger partial charge on any atom is -0.461 e. The van der Waals surface area contributed by atoms with Gasteiger partial charge in [-0.05, 0) is 36.0 Å². The van der Waals surface area contributed by atoms with E-state index in [0.29, 0.717) is 28.1 Å². The van der Waals surface area contributed by atoms with Gasteiger partial charge in [-0.15, -0.1) is 5.10 Å². The Kier molecular flexibility index (Phi) is 2.73. The molecule has 0 atom stereocenters. The molecule has 0 saturated carbocycles. The highest BCUT2D eigenvalue weighted by Crippen LogP contribution is 2.27. The van der Waals surface area contributed by atoms with Crippen molar-refractivity contribution in [2.45, 2.75) is 10.2 Å². The van der Waals surface area contributed by atoms with Crippen LogP contribution in [0.25, 0.3) is 11.6 Å². The SMILES string of the molecule is O=Cc1ccc(Sc2n[nH]c(-c3ccco3)n2)o1. The zero-order valence-electron chi connectivity index (χ0n) is 8.99. The van der Waals surface area contributed by atoms with Gasteiger partial charge in [0.2, 0.25) is 5.16 Å². The summed E-state index contributed by atoms with van der Waals surface area (Å²) >= 11 is 1.22. The van der Waals surface area contributed by atoms with Crippen LogP contribution in [0.2, 0.25) is 0 Å². The number of hydrogen-bond acceptors (Lipinski definition) is 6. The average Bonchev–Trinajstić information content (AvgIpc) is 3.10. The lowest BCUT2D eigenvalue weighted by Gasteiger charge is -1.88. The van der Waals surface area contributed by atoms with Crippen molar-refractivity contribution in [3.8, 4) is 11.6 Å². The Bertz CT molecular complexity index is 657. The minimum atomic E-state index is 0.277. The smallest absolute Gasteiger partial charge is 0.216 e. The van der Waals surface area contributed by atoms with Crippen LogP contribution in [-0.4, -0.2) is 21.5 Å². The van der Waals surface area contributed by atoms with E-state index in [4.69, 9.17) is 8.83 Å². The predicted molar refractivity (Wildman–Crippen MR) is 62.3 cm³/mol. The number of nitrogens with one attached hydrogen (secondary N) is 1. The van der Waals surface area contributed by atoms with Crippen LogP contribution in [-0.2, 0) is 0 Å². The highest BCUT2D eigenvalue weighted by Gasteiger charge is 2.11. The molecule has 0 aromatic carbocycles. The molecule has 18 heavy (non-hydrogen) atoms. The number of aromatic nitrogens is 3. The van der Waals surface area contributed by atoms with Crippen LogP contribution in [0.1, 0.15) is 10.6 Å². The van der Waals surface area contributed by atoms with Gasteiger partial charge in [-0.3, -0.25) is 9.89 Å². The lowest BCUT2D eigenvalue weighted by atomic mass is 10.4. The first-order chi connectivity index (χ1) is 8.85. The summed E-state index contributed by atoms with van der Waals surface area (Å²) in [6, 6.07) is 6.84. The molecule has 0 fully saturated rings. The number of carbonyl (C=O) groups excluding carboxylic acids is 1. The Hall–Kier alpha value is -2.28. The summed E-state index contributed by atoms with van der Waals surface area (Å²) in [5.41, 5.74) is 0. The molecule has 0 aliphatic rings. The largest absolute Gasteiger partial charge is 0.461 e. The molecule has 0 radical (unpaired) electrons. The highest BCUT2D eigenvalue weighted by molar-refractivity contribution is 7.99. The Morgan fingerprint density at radius 1 is 1.33 bits per heavy atom. The molecule has 0 bridgehead atoms. The van der Waals surface area contributed by atoms with Crippen LogP contribution in [0.5, 0.6) is 0 Å². The van der Waals surface area contributed by atoms with Crippen molar-refractivity contribution in [3.05, 3.63) is 36.3 Å². The van der Waals surface area contributed by atoms with E-state index < -0.39 is 0 Å². The summed E-state index contributed by atoms with van der Waals surface area (Å²) in [6.45, 7) is 0. The Morgan fingerprint density at radius 2 is 2.28 bits per heavy atom. The molecule has 3 heterocycles. The van der Waals surface area contributed by atoms with E-state index >= 15 is 0 Å². The van der Waals surface area contributed by atoms with Gasteiger partial charge in [-0.2, -0.15) is 4.98 Å². The van der Waals surface area contributed by atoms with Crippen molar-refractivity contribution in [1.29, 1.82) is 0 Å². The van der Waals surface area contributed by atoms with Gasteiger partial charge in [0.05, 0.1) is 6.26 Å². The third-order valence-electron chi connectivity index (χ3n) is 2.13. The second kappa shape index (κ2) is 4.53. The molecule has 3 rings (SSSR count). The molecule has 0 aliphatic carbocycles. The highest BCUT2D eigenvalue weighted by atomic mass is 32.2. The molecule has 3 aromatic rings. The molecule has 6 nitrogen and oxygen atoms in total. The van der Waals surface area contributed by atoms with E-state index in [-0.39, 0.29) is 5.76 Å². The van der Waals surface area contributed by atoms with Crippen molar-refractivity contribution in [1.82, 2.24) is 15.2 Å². The van der Waals surface area contributed by atoms with Gasteiger partial charge in [0.1, 0.15) is 0 Å². The lowest BCUT2D eigenvalue weighted by molar-refractivity contribution is 0.109. The van der Waals surface area contributed by atoms with Crippen molar-refractivity contribution in [2.75, 3.05) is 0 Å². The van der Waals surface area contributed by atoms with Crippen molar-refractivity contribution >= 4 is 18.0 Å². The molecule has 90 valence electrons. The minimum absolute atomic E-state index is 0.277. The monoisotopic (exact) mass is 261 g/mol. The third-order valence-corrected chi connectivity index (χ3v) is 2.92. The zero-order chi connectivity index (χ0) is 12.4. The van der Waals surface area contributed by atoms with Gasteiger partial charge in [0.15, 0.2) is 28.7 Å². The van der Waals surface area contributed by atoms with E-state index in [1.165, 1.54) is 11.8 Å². The van der Waals surface area contributed by atoms with E-state index in [0.717, 1.165) is 0 Å². The first-order valence-corrected chi connectivity index (χ1v) is 5.86. The second-order valence-electron chi connectivity index (χ2n) is 3.32. The summed E-state index contributed by atoms with van der Waals surface area (Å²) in [5.74, 6) is 1.44. The van der Waals surface area contributed by atoms with Crippen LogP contribution >= 0.6 is 11.8 Å². The number of H-pyrrole nitrogens is 1. The summed E-state index contributed by atoms with van der Waals surface area (Å²) in [4.78, 5) is 14.7. The number of furan rings is 2. The Morgan fingerprint density at radius 3 is 3.00 bits per heavy atom. The van der Waals surface area contributed by atoms with Crippen LogP contribution in [0.4, 0.5) is 0 Å². The Labute approximate surface area is 105 Å². The molecular weight excluding hydrogens is 254 g/mol. The maximum Gasteiger partial charge on any atom is 0.216 e. The average molecular weight is 261 g/mol. The number of rotatable bonds is 4. The third kappa shape index (κ3) is 2.07. The van der Waals surface area contributed by atoms with Crippen LogP contribution in [0, 0.1) is 0 Å². The number of aromatic amines is 1. The van der Waals surface area contributed by atoms with Gasteiger partial charge in [-0.1, -0.05) is 0 Å². The summed E-state index contributed by atoms with van der Waals surface area (Å²) in [6.07, 6.45) is 2.21. The fraction of sp³-hybridized carbons (Fsp3) is 0. The quantitative estimate of drug-likeness (QED) is 0.726. The second-order valence-corrected chi connectivity index (χ2v) is 4.29. The number of carbonyl (C=O) groups is 1. The van der Waals surface area contributed by atoms with Gasteiger partial charge >= 0.3 is 0 Å². The molecule has 0 spiro atoms. The number of aldehydes is 1. The van der Waals surface area contributed by atoms with Gasteiger partial charge in [0.25, 0.3) is 0 Å². The first kappa shape index (κ1) is 10.8. The Balaban J connectivity index is 1.79. The molecule has 0 amide bonds.